The summed E-state index contributed by atoms with van der Waals surface area (Å²) in [4.78, 5) is 11.1. The van der Waals surface area contributed by atoms with Crippen LogP contribution in [0.25, 0.3) is 108 Å². The zero-order valence-corrected chi connectivity index (χ0v) is 31.8. The van der Waals surface area contributed by atoms with E-state index in [1.165, 1.54) is 51.5 Å². The van der Waals surface area contributed by atoms with Gasteiger partial charge in [0.15, 0.2) is 5.82 Å². The Hall–Kier alpha value is -6.72. The van der Waals surface area contributed by atoms with Crippen LogP contribution in [0.4, 0.5) is 0 Å². The molecule has 0 aliphatic carbocycles. The lowest BCUT2D eigenvalue weighted by atomic mass is 9.93. The number of rotatable bonds is 6. The summed E-state index contributed by atoms with van der Waals surface area (Å²) >= 11 is 3.67. The summed E-state index contributed by atoms with van der Waals surface area (Å²) in [6.45, 7) is 0. The summed E-state index contributed by atoms with van der Waals surface area (Å²) in [5, 5.41) is 5.05. The lowest BCUT2D eigenvalue weighted by Gasteiger charge is -2.15. The molecule has 3 aromatic heterocycles. The molecular formula is C52H32N2S2. The average Bonchev–Trinajstić information content (AvgIpc) is 3.86. The van der Waals surface area contributed by atoms with E-state index in [-0.39, 0.29) is 0 Å². The number of fused-ring (bicyclic) bond motifs is 6. The molecule has 0 N–H and O–H groups in total. The Labute approximate surface area is 332 Å². The first-order valence-corrected chi connectivity index (χ1v) is 20.4. The first kappa shape index (κ1) is 32.7. The van der Waals surface area contributed by atoms with Gasteiger partial charge in [0.05, 0.1) is 11.4 Å². The van der Waals surface area contributed by atoms with Gasteiger partial charge in [-0.05, 0) is 63.7 Å². The fraction of sp³-hybridized carbons (Fsp3) is 0. The molecule has 3 heterocycles. The number of hydrogen-bond donors (Lipinski definition) is 0. The number of nitrogens with zero attached hydrogens (tertiary/aromatic N) is 2. The highest BCUT2D eigenvalue weighted by atomic mass is 32.1. The summed E-state index contributed by atoms with van der Waals surface area (Å²) in [6.07, 6.45) is 0. The summed E-state index contributed by atoms with van der Waals surface area (Å²) in [7, 11) is 0. The second-order valence-corrected chi connectivity index (χ2v) is 16.2. The molecule has 56 heavy (non-hydrogen) atoms. The van der Waals surface area contributed by atoms with Crippen molar-refractivity contribution in [1.29, 1.82) is 0 Å². The Bertz CT molecular complexity index is 3120. The smallest absolute Gasteiger partial charge is 0.161 e. The maximum atomic E-state index is 5.53. The largest absolute Gasteiger partial charge is 0.228 e. The van der Waals surface area contributed by atoms with E-state index in [1.54, 1.807) is 0 Å². The van der Waals surface area contributed by atoms with Gasteiger partial charge in [0.2, 0.25) is 0 Å². The number of aromatic nitrogens is 2. The van der Waals surface area contributed by atoms with Gasteiger partial charge in [0, 0.05) is 57.0 Å². The van der Waals surface area contributed by atoms with Crippen molar-refractivity contribution < 1.29 is 0 Å². The van der Waals surface area contributed by atoms with E-state index in [1.807, 2.05) is 22.7 Å². The van der Waals surface area contributed by atoms with Crippen molar-refractivity contribution >= 4 is 63.0 Å². The van der Waals surface area contributed by atoms with Crippen LogP contribution < -0.4 is 0 Å². The van der Waals surface area contributed by atoms with Crippen molar-refractivity contribution in [3.05, 3.63) is 194 Å². The van der Waals surface area contributed by atoms with E-state index in [9.17, 15) is 0 Å². The molecule has 0 aliphatic rings. The van der Waals surface area contributed by atoms with E-state index < -0.39 is 0 Å². The van der Waals surface area contributed by atoms with Crippen molar-refractivity contribution in [3.8, 4) is 67.3 Å². The Morgan fingerprint density at radius 1 is 0.286 bits per heavy atom. The predicted molar refractivity (Wildman–Crippen MR) is 240 cm³/mol. The van der Waals surface area contributed by atoms with Crippen molar-refractivity contribution in [2.75, 3.05) is 0 Å². The van der Waals surface area contributed by atoms with Crippen LogP contribution in [0.2, 0.25) is 0 Å². The highest BCUT2D eigenvalue weighted by Crippen LogP contribution is 2.44. The van der Waals surface area contributed by atoms with Gasteiger partial charge in [-0.3, -0.25) is 0 Å². The molecule has 0 amide bonds. The van der Waals surface area contributed by atoms with Crippen LogP contribution in [0.15, 0.2) is 194 Å². The van der Waals surface area contributed by atoms with Crippen LogP contribution in [-0.4, -0.2) is 9.97 Å². The van der Waals surface area contributed by atoms with Crippen molar-refractivity contribution in [2.45, 2.75) is 0 Å². The molecule has 0 aliphatic heterocycles. The molecule has 0 radical (unpaired) electrons. The third kappa shape index (κ3) is 5.62. The highest BCUT2D eigenvalue weighted by Gasteiger charge is 2.20. The maximum Gasteiger partial charge on any atom is 0.161 e. The molecule has 4 heteroatoms. The second-order valence-electron chi connectivity index (χ2n) is 14.1. The minimum atomic E-state index is 0.702. The molecular weight excluding hydrogens is 717 g/mol. The minimum Gasteiger partial charge on any atom is -0.228 e. The van der Waals surface area contributed by atoms with Gasteiger partial charge >= 0.3 is 0 Å². The van der Waals surface area contributed by atoms with E-state index in [0.717, 1.165) is 50.3 Å². The highest BCUT2D eigenvalue weighted by molar-refractivity contribution is 7.26. The average molecular weight is 749 g/mol. The van der Waals surface area contributed by atoms with Crippen LogP contribution >= 0.6 is 22.7 Å². The second kappa shape index (κ2) is 13.5. The number of thiophene rings is 2. The van der Waals surface area contributed by atoms with Crippen molar-refractivity contribution in [2.24, 2.45) is 0 Å². The van der Waals surface area contributed by atoms with Gasteiger partial charge in [-0.2, -0.15) is 0 Å². The Kier molecular flexibility index (Phi) is 7.90. The normalized spacial score (nSPS) is 11.6. The molecule has 0 saturated heterocycles. The zero-order valence-electron chi connectivity index (χ0n) is 30.2. The molecule has 8 aromatic carbocycles. The molecule has 0 spiro atoms. The van der Waals surface area contributed by atoms with Crippen molar-refractivity contribution in [3.63, 3.8) is 0 Å². The Balaban J connectivity index is 1.18. The number of benzene rings is 8. The quantitative estimate of drug-likeness (QED) is 0.169. The lowest BCUT2D eigenvalue weighted by molar-refractivity contribution is 1.19. The van der Waals surface area contributed by atoms with Gasteiger partial charge in [-0.1, -0.05) is 164 Å². The topological polar surface area (TPSA) is 25.8 Å². The summed E-state index contributed by atoms with van der Waals surface area (Å²) in [5.41, 5.74) is 11.9. The molecule has 0 fully saturated rings. The van der Waals surface area contributed by atoms with Crippen LogP contribution in [0.3, 0.4) is 0 Å². The fourth-order valence-corrected chi connectivity index (χ4v) is 10.5. The molecule has 262 valence electrons. The Morgan fingerprint density at radius 3 is 1.36 bits per heavy atom. The third-order valence-corrected chi connectivity index (χ3v) is 13.2. The zero-order chi connectivity index (χ0) is 37.0. The van der Waals surface area contributed by atoms with Crippen LogP contribution in [0, 0.1) is 0 Å². The third-order valence-electron chi connectivity index (χ3n) is 10.7. The van der Waals surface area contributed by atoms with E-state index in [0.29, 0.717) is 5.82 Å². The van der Waals surface area contributed by atoms with Crippen LogP contribution in [-0.2, 0) is 0 Å². The summed E-state index contributed by atoms with van der Waals surface area (Å²) < 4.78 is 5.02. The molecule has 0 saturated carbocycles. The Morgan fingerprint density at radius 2 is 0.750 bits per heavy atom. The monoisotopic (exact) mass is 748 g/mol. The lowest BCUT2D eigenvalue weighted by Crippen LogP contribution is -1.98. The van der Waals surface area contributed by atoms with Gasteiger partial charge in [-0.15, -0.1) is 22.7 Å². The van der Waals surface area contributed by atoms with Gasteiger partial charge in [-0.25, -0.2) is 9.97 Å². The first-order chi connectivity index (χ1) is 27.7. The van der Waals surface area contributed by atoms with Crippen molar-refractivity contribution in [1.82, 2.24) is 9.97 Å². The van der Waals surface area contributed by atoms with E-state index in [2.05, 4.69) is 194 Å². The minimum absolute atomic E-state index is 0.702. The van der Waals surface area contributed by atoms with Crippen LogP contribution in [0.5, 0.6) is 0 Å². The van der Waals surface area contributed by atoms with Gasteiger partial charge in [0.1, 0.15) is 0 Å². The predicted octanol–water partition coefficient (Wildman–Crippen LogP) is 15.2. The van der Waals surface area contributed by atoms with Gasteiger partial charge in [0.25, 0.3) is 0 Å². The molecule has 0 bridgehead atoms. The number of hydrogen-bond acceptors (Lipinski definition) is 4. The molecule has 0 unspecified atom stereocenters. The fourth-order valence-electron chi connectivity index (χ4n) is 8.03. The summed E-state index contributed by atoms with van der Waals surface area (Å²) in [6, 6.07) is 69.6. The van der Waals surface area contributed by atoms with E-state index in [4.69, 9.17) is 9.97 Å². The standard InChI is InChI=1S/C52H32N2S2/c1-3-14-33(15-4-1)35-18-11-19-36(30-35)37-28-29-38(34-16-5-2-6-17-34)45(31-37)52-53-46(43-24-12-22-41-39-20-7-9-26-48(39)55-50(41)43)32-47(54-52)44-25-13-23-42-40-21-8-10-27-49(40)56-51(42)44/h1-32H. The molecule has 0 atom stereocenters. The van der Waals surface area contributed by atoms with Crippen LogP contribution in [0.1, 0.15) is 0 Å². The SMILES string of the molecule is c1ccc(-c2cccc(-c3ccc(-c4ccccc4)c(-c4nc(-c5cccc6c5sc5ccccc56)cc(-c5cccc6c5sc5ccccc56)n4)c3)c2)cc1. The maximum absolute atomic E-state index is 5.53. The first-order valence-electron chi connectivity index (χ1n) is 18.8. The molecule has 11 rings (SSSR count). The summed E-state index contributed by atoms with van der Waals surface area (Å²) in [5.74, 6) is 0.702. The molecule has 11 aromatic rings. The molecule has 2 nitrogen and oxygen atoms in total. The van der Waals surface area contributed by atoms with Gasteiger partial charge < -0.3 is 0 Å². The van der Waals surface area contributed by atoms with E-state index >= 15 is 0 Å².